The number of aryl methyl sites for hydroxylation is 1. The fourth-order valence-corrected chi connectivity index (χ4v) is 3.46. The maximum absolute atomic E-state index is 12.4. The van der Waals surface area contributed by atoms with Gasteiger partial charge in [-0.2, -0.15) is 0 Å². The number of nitrogens with zero attached hydrogens (tertiary/aromatic N) is 1. The van der Waals surface area contributed by atoms with E-state index in [9.17, 15) is 4.79 Å². The number of benzene rings is 1. The average Bonchev–Trinajstić information content (AvgIpc) is 3.15. The lowest BCUT2D eigenvalue weighted by molar-refractivity contribution is -0.117. The predicted molar refractivity (Wildman–Crippen MR) is 103 cm³/mol. The van der Waals surface area contributed by atoms with Crippen molar-refractivity contribution in [2.45, 2.75) is 13.0 Å². The Morgan fingerprint density at radius 1 is 1.28 bits per heavy atom. The van der Waals surface area contributed by atoms with E-state index >= 15 is 0 Å². The Hall–Kier alpha value is -1.95. The van der Waals surface area contributed by atoms with Crippen molar-refractivity contribution in [3.63, 3.8) is 0 Å². The molecule has 0 aliphatic carbocycles. The van der Waals surface area contributed by atoms with Crippen LogP contribution in [0.15, 0.2) is 47.9 Å². The number of ether oxygens (including phenoxy) is 1. The van der Waals surface area contributed by atoms with Crippen molar-refractivity contribution in [2.75, 3.05) is 32.8 Å². The highest BCUT2D eigenvalue weighted by molar-refractivity contribution is 7.10. The molecule has 1 N–H and O–H groups in total. The quantitative estimate of drug-likeness (QED) is 0.808. The van der Waals surface area contributed by atoms with Crippen LogP contribution in [-0.4, -0.2) is 43.7 Å². The van der Waals surface area contributed by atoms with Crippen LogP contribution in [0.4, 0.5) is 0 Å². The predicted octanol–water partition coefficient (Wildman–Crippen LogP) is 3.26. The Morgan fingerprint density at radius 3 is 2.72 bits per heavy atom. The second kappa shape index (κ2) is 8.94. The van der Waals surface area contributed by atoms with Crippen molar-refractivity contribution < 1.29 is 9.53 Å². The van der Waals surface area contributed by atoms with Crippen molar-refractivity contribution in [1.82, 2.24) is 10.2 Å². The molecule has 1 aromatic heterocycles. The van der Waals surface area contributed by atoms with Gasteiger partial charge in [-0.3, -0.25) is 9.69 Å². The zero-order chi connectivity index (χ0) is 17.5. The third kappa shape index (κ3) is 5.53. The van der Waals surface area contributed by atoms with Crippen molar-refractivity contribution >= 4 is 23.3 Å². The second-order valence-corrected chi connectivity index (χ2v) is 7.21. The molecule has 1 aliphatic heterocycles. The zero-order valence-electron chi connectivity index (χ0n) is 14.5. The van der Waals surface area contributed by atoms with Crippen LogP contribution in [-0.2, 0) is 9.53 Å². The van der Waals surface area contributed by atoms with E-state index in [2.05, 4.69) is 41.4 Å². The molecular weight excluding hydrogens is 332 g/mol. The first-order chi connectivity index (χ1) is 12.2. The minimum Gasteiger partial charge on any atom is -0.379 e. The highest BCUT2D eigenvalue weighted by atomic mass is 32.1. The summed E-state index contributed by atoms with van der Waals surface area (Å²) in [6.07, 6.45) is 3.48. The number of hydrogen-bond acceptors (Lipinski definition) is 4. The van der Waals surface area contributed by atoms with Crippen LogP contribution in [0.3, 0.4) is 0 Å². The minimum absolute atomic E-state index is 0.0285. The second-order valence-electron chi connectivity index (χ2n) is 6.23. The topological polar surface area (TPSA) is 41.6 Å². The molecule has 0 saturated carbocycles. The molecule has 25 heavy (non-hydrogen) atoms. The summed E-state index contributed by atoms with van der Waals surface area (Å²) >= 11 is 1.62. The molecule has 0 bridgehead atoms. The van der Waals surface area contributed by atoms with Crippen LogP contribution in [0, 0.1) is 6.92 Å². The smallest absolute Gasteiger partial charge is 0.244 e. The molecule has 1 atom stereocenters. The third-order valence-corrected chi connectivity index (χ3v) is 5.12. The average molecular weight is 356 g/mol. The molecule has 1 saturated heterocycles. The SMILES string of the molecule is Cc1ccc([C@@H](CN2CCOCC2)NC(=O)/C=C/c2cccs2)cc1. The molecular formula is C20H24N2O2S. The van der Waals surface area contributed by atoms with Gasteiger partial charge >= 0.3 is 0 Å². The summed E-state index contributed by atoms with van der Waals surface area (Å²) in [7, 11) is 0. The van der Waals surface area contributed by atoms with Crippen LogP contribution < -0.4 is 5.32 Å². The summed E-state index contributed by atoms with van der Waals surface area (Å²) in [6.45, 7) is 6.19. The van der Waals surface area contributed by atoms with Crippen molar-refractivity contribution in [1.29, 1.82) is 0 Å². The fraction of sp³-hybridized carbons (Fsp3) is 0.350. The van der Waals surface area contributed by atoms with E-state index < -0.39 is 0 Å². The zero-order valence-corrected chi connectivity index (χ0v) is 15.3. The van der Waals surface area contributed by atoms with Gasteiger partial charge in [0.2, 0.25) is 5.91 Å². The van der Waals surface area contributed by atoms with Crippen LogP contribution in [0.5, 0.6) is 0 Å². The fourth-order valence-electron chi connectivity index (χ4n) is 2.84. The Balaban J connectivity index is 1.68. The summed E-state index contributed by atoms with van der Waals surface area (Å²) in [5.74, 6) is -0.0627. The first-order valence-corrected chi connectivity index (χ1v) is 9.47. The molecule has 1 fully saturated rings. The van der Waals surface area contributed by atoms with Crippen molar-refractivity contribution in [3.05, 3.63) is 63.9 Å². The number of hydrogen-bond donors (Lipinski definition) is 1. The molecule has 4 nitrogen and oxygen atoms in total. The number of morpholine rings is 1. The monoisotopic (exact) mass is 356 g/mol. The highest BCUT2D eigenvalue weighted by Gasteiger charge is 2.19. The van der Waals surface area contributed by atoms with Gasteiger partial charge in [0.05, 0.1) is 19.3 Å². The molecule has 0 spiro atoms. The maximum atomic E-state index is 12.4. The van der Waals surface area contributed by atoms with Gasteiger partial charge in [0.25, 0.3) is 0 Å². The van der Waals surface area contributed by atoms with Crippen LogP contribution in [0.25, 0.3) is 6.08 Å². The normalized spacial score (nSPS) is 16.8. The van der Waals surface area contributed by atoms with E-state index in [-0.39, 0.29) is 11.9 Å². The number of nitrogens with one attached hydrogen (secondary N) is 1. The van der Waals surface area contributed by atoms with E-state index in [1.165, 1.54) is 5.56 Å². The Bertz CT molecular complexity index is 689. The summed E-state index contributed by atoms with van der Waals surface area (Å²) < 4.78 is 5.42. The van der Waals surface area contributed by atoms with Crippen LogP contribution >= 0.6 is 11.3 Å². The van der Waals surface area contributed by atoms with Gasteiger partial charge in [-0.25, -0.2) is 0 Å². The van der Waals surface area contributed by atoms with Gasteiger partial charge in [0.1, 0.15) is 0 Å². The number of amides is 1. The first-order valence-electron chi connectivity index (χ1n) is 8.59. The summed E-state index contributed by atoms with van der Waals surface area (Å²) in [6, 6.07) is 12.3. The third-order valence-electron chi connectivity index (χ3n) is 4.28. The van der Waals surface area contributed by atoms with Gasteiger partial charge in [-0.1, -0.05) is 35.9 Å². The lowest BCUT2D eigenvalue weighted by Gasteiger charge is -2.31. The summed E-state index contributed by atoms with van der Waals surface area (Å²) in [5, 5.41) is 5.16. The van der Waals surface area contributed by atoms with Gasteiger partial charge < -0.3 is 10.1 Å². The number of thiophene rings is 1. The van der Waals surface area contributed by atoms with E-state index in [0.717, 1.165) is 43.3 Å². The highest BCUT2D eigenvalue weighted by Crippen LogP contribution is 2.17. The minimum atomic E-state index is -0.0627. The van der Waals surface area contributed by atoms with Gasteiger partial charge in [0, 0.05) is 30.6 Å². The van der Waals surface area contributed by atoms with Crippen LogP contribution in [0.1, 0.15) is 22.0 Å². The number of carbonyl (C=O) groups is 1. The molecule has 3 rings (SSSR count). The largest absolute Gasteiger partial charge is 0.379 e. The van der Waals surface area contributed by atoms with E-state index in [0.29, 0.717) is 0 Å². The van der Waals surface area contributed by atoms with E-state index in [1.54, 1.807) is 17.4 Å². The maximum Gasteiger partial charge on any atom is 0.244 e. The van der Waals surface area contributed by atoms with Crippen molar-refractivity contribution in [2.24, 2.45) is 0 Å². The Kier molecular flexibility index (Phi) is 6.39. The van der Waals surface area contributed by atoms with Gasteiger partial charge in [-0.05, 0) is 30.0 Å². The van der Waals surface area contributed by atoms with E-state index in [4.69, 9.17) is 4.74 Å². The Labute approximate surface area is 153 Å². The molecule has 132 valence electrons. The van der Waals surface area contributed by atoms with Gasteiger partial charge in [0.15, 0.2) is 0 Å². The Morgan fingerprint density at radius 2 is 2.04 bits per heavy atom. The summed E-state index contributed by atoms with van der Waals surface area (Å²) in [4.78, 5) is 15.8. The first kappa shape index (κ1) is 17.9. The number of carbonyl (C=O) groups excluding carboxylic acids is 1. The standard InChI is InChI=1S/C20H24N2O2S/c1-16-4-6-17(7-5-16)19(15-22-10-12-24-13-11-22)21-20(23)9-8-18-3-2-14-25-18/h2-9,14,19H,10-13,15H2,1H3,(H,21,23)/b9-8+/t19-/m1/s1. The molecule has 0 radical (unpaired) electrons. The summed E-state index contributed by atoms with van der Waals surface area (Å²) in [5.41, 5.74) is 2.35. The molecule has 1 aromatic carbocycles. The van der Waals surface area contributed by atoms with Crippen molar-refractivity contribution in [3.8, 4) is 0 Å². The lowest BCUT2D eigenvalue weighted by atomic mass is 10.0. The molecule has 1 amide bonds. The van der Waals surface area contributed by atoms with E-state index in [1.807, 2.05) is 23.6 Å². The molecule has 2 heterocycles. The lowest BCUT2D eigenvalue weighted by Crippen LogP contribution is -2.42. The van der Waals surface area contributed by atoms with Crippen LogP contribution in [0.2, 0.25) is 0 Å². The molecule has 5 heteroatoms. The number of rotatable bonds is 6. The molecule has 2 aromatic rings. The molecule has 1 aliphatic rings. The molecule has 0 unspecified atom stereocenters. The van der Waals surface area contributed by atoms with Gasteiger partial charge in [-0.15, -0.1) is 11.3 Å².